The SMILES string of the molecule is Cc1cnn(-c2ccc(NC=C(C#N)C#N)cc2F)c1. The standard InChI is InChI=1S/C14H10FN5/c1-10-7-19-20(9-10)14-3-2-12(4-13(14)15)18-8-11(5-16)6-17/h2-4,7-9,18H,1H3. The van der Waals surface area contributed by atoms with Gasteiger partial charge in [-0.1, -0.05) is 0 Å². The molecule has 20 heavy (non-hydrogen) atoms. The molecule has 0 bridgehead atoms. The van der Waals surface area contributed by atoms with E-state index in [1.807, 2.05) is 6.92 Å². The summed E-state index contributed by atoms with van der Waals surface area (Å²) in [6, 6.07) is 7.89. The molecule has 0 saturated carbocycles. The third-order valence-electron chi connectivity index (χ3n) is 2.53. The highest BCUT2D eigenvalue weighted by Crippen LogP contribution is 2.18. The Morgan fingerprint density at radius 3 is 2.70 bits per heavy atom. The molecule has 0 unspecified atom stereocenters. The molecule has 0 saturated heterocycles. The van der Waals surface area contributed by atoms with Gasteiger partial charge in [0, 0.05) is 18.1 Å². The molecule has 5 nitrogen and oxygen atoms in total. The zero-order valence-corrected chi connectivity index (χ0v) is 10.6. The Morgan fingerprint density at radius 2 is 2.15 bits per heavy atom. The molecule has 0 aliphatic carbocycles. The van der Waals surface area contributed by atoms with Crippen LogP contribution in [0.4, 0.5) is 10.1 Å². The lowest BCUT2D eigenvalue weighted by atomic mass is 10.2. The normalized spacial score (nSPS) is 9.40. The zero-order chi connectivity index (χ0) is 14.5. The highest BCUT2D eigenvalue weighted by Gasteiger charge is 2.06. The van der Waals surface area contributed by atoms with Crippen LogP contribution >= 0.6 is 0 Å². The number of rotatable bonds is 3. The third-order valence-corrected chi connectivity index (χ3v) is 2.53. The van der Waals surface area contributed by atoms with Crippen molar-refractivity contribution in [2.45, 2.75) is 6.92 Å². The number of nitrogens with zero attached hydrogens (tertiary/aromatic N) is 4. The van der Waals surface area contributed by atoms with Crippen LogP contribution < -0.4 is 5.32 Å². The van der Waals surface area contributed by atoms with Crippen molar-refractivity contribution in [2.24, 2.45) is 0 Å². The summed E-state index contributed by atoms with van der Waals surface area (Å²) in [5.41, 5.74) is 1.62. The van der Waals surface area contributed by atoms with Crippen LogP contribution in [0, 0.1) is 35.4 Å². The smallest absolute Gasteiger partial charge is 0.150 e. The van der Waals surface area contributed by atoms with Gasteiger partial charge in [-0.15, -0.1) is 0 Å². The topological polar surface area (TPSA) is 77.4 Å². The van der Waals surface area contributed by atoms with E-state index in [2.05, 4.69) is 10.4 Å². The number of halogens is 1. The summed E-state index contributed by atoms with van der Waals surface area (Å²) in [7, 11) is 0. The minimum atomic E-state index is -0.457. The third kappa shape index (κ3) is 2.82. The monoisotopic (exact) mass is 267 g/mol. The first-order chi connectivity index (χ1) is 9.63. The molecule has 2 aromatic rings. The van der Waals surface area contributed by atoms with E-state index in [9.17, 15) is 4.39 Å². The molecule has 0 spiro atoms. The van der Waals surface area contributed by atoms with Crippen LogP contribution in [0.1, 0.15) is 5.56 Å². The minimum absolute atomic E-state index is 0.0859. The molecule has 0 amide bonds. The molecule has 0 radical (unpaired) electrons. The average molecular weight is 267 g/mol. The molecular weight excluding hydrogens is 257 g/mol. The van der Waals surface area contributed by atoms with Crippen LogP contribution in [0.3, 0.4) is 0 Å². The van der Waals surface area contributed by atoms with E-state index in [1.165, 1.54) is 16.9 Å². The summed E-state index contributed by atoms with van der Waals surface area (Å²) in [5.74, 6) is -0.457. The van der Waals surface area contributed by atoms with Crippen LogP contribution in [0.5, 0.6) is 0 Å². The van der Waals surface area contributed by atoms with E-state index in [4.69, 9.17) is 10.5 Å². The Morgan fingerprint density at radius 1 is 1.40 bits per heavy atom. The molecule has 1 N–H and O–H groups in total. The maximum atomic E-state index is 14.0. The molecule has 2 rings (SSSR count). The molecule has 0 fully saturated rings. The molecule has 1 aromatic carbocycles. The van der Waals surface area contributed by atoms with Gasteiger partial charge in [0.05, 0.1) is 6.20 Å². The lowest BCUT2D eigenvalue weighted by Crippen LogP contribution is -1.99. The van der Waals surface area contributed by atoms with Crippen LogP contribution in [0.15, 0.2) is 42.4 Å². The Balaban J connectivity index is 2.25. The first kappa shape index (κ1) is 13.3. The van der Waals surface area contributed by atoms with E-state index >= 15 is 0 Å². The van der Waals surface area contributed by atoms with Gasteiger partial charge in [-0.25, -0.2) is 9.07 Å². The van der Waals surface area contributed by atoms with Crippen molar-refractivity contribution in [3.8, 4) is 17.8 Å². The molecule has 0 atom stereocenters. The number of nitrogens with one attached hydrogen (secondary N) is 1. The number of aryl methyl sites for hydroxylation is 1. The highest BCUT2D eigenvalue weighted by atomic mass is 19.1. The van der Waals surface area contributed by atoms with Gasteiger partial charge >= 0.3 is 0 Å². The Hall–Kier alpha value is -3.12. The van der Waals surface area contributed by atoms with E-state index in [0.29, 0.717) is 11.4 Å². The quantitative estimate of drug-likeness (QED) is 0.867. The summed E-state index contributed by atoms with van der Waals surface area (Å²) >= 11 is 0. The van der Waals surface area contributed by atoms with Gasteiger partial charge in [-0.3, -0.25) is 0 Å². The lowest BCUT2D eigenvalue weighted by Gasteiger charge is -2.06. The van der Waals surface area contributed by atoms with Crippen molar-refractivity contribution in [3.63, 3.8) is 0 Å². The molecule has 0 aliphatic heterocycles. The number of aromatic nitrogens is 2. The summed E-state index contributed by atoms with van der Waals surface area (Å²) in [5, 5.41) is 23.9. The zero-order valence-electron chi connectivity index (χ0n) is 10.6. The van der Waals surface area contributed by atoms with Gasteiger partial charge < -0.3 is 5.32 Å². The van der Waals surface area contributed by atoms with Crippen molar-refractivity contribution < 1.29 is 4.39 Å². The largest absolute Gasteiger partial charge is 0.360 e. The van der Waals surface area contributed by atoms with Gasteiger partial charge in [0.2, 0.25) is 0 Å². The van der Waals surface area contributed by atoms with Gasteiger partial charge in [0.1, 0.15) is 23.4 Å². The molecule has 6 heteroatoms. The maximum absolute atomic E-state index is 14.0. The predicted octanol–water partition coefficient (Wildman–Crippen LogP) is 2.66. The van der Waals surface area contributed by atoms with Gasteiger partial charge in [-0.05, 0) is 30.7 Å². The first-order valence-electron chi connectivity index (χ1n) is 5.72. The minimum Gasteiger partial charge on any atom is -0.360 e. The van der Waals surface area contributed by atoms with Gasteiger partial charge in [0.25, 0.3) is 0 Å². The van der Waals surface area contributed by atoms with E-state index in [1.54, 1.807) is 36.7 Å². The second-order valence-electron chi connectivity index (χ2n) is 4.05. The van der Waals surface area contributed by atoms with Crippen molar-refractivity contribution in [1.82, 2.24) is 9.78 Å². The Kier molecular flexibility index (Phi) is 3.78. The average Bonchev–Trinajstić information content (AvgIpc) is 2.86. The summed E-state index contributed by atoms with van der Waals surface area (Å²) < 4.78 is 15.4. The van der Waals surface area contributed by atoms with Crippen LogP contribution in [0.2, 0.25) is 0 Å². The summed E-state index contributed by atoms with van der Waals surface area (Å²) in [6.45, 7) is 1.87. The fourth-order valence-electron chi connectivity index (χ4n) is 1.57. The van der Waals surface area contributed by atoms with Gasteiger partial charge in [0.15, 0.2) is 5.82 Å². The second kappa shape index (κ2) is 5.68. The summed E-state index contributed by atoms with van der Waals surface area (Å²) in [6.07, 6.45) is 4.59. The number of nitriles is 2. The second-order valence-corrected chi connectivity index (χ2v) is 4.05. The number of anilines is 1. The molecular formula is C14H10FN5. The van der Waals surface area contributed by atoms with Crippen molar-refractivity contribution in [3.05, 3.63) is 53.7 Å². The highest BCUT2D eigenvalue weighted by molar-refractivity contribution is 5.53. The van der Waals surface area contributed by atoms with Crippen LogP contribution in [-0.4, -0.2) is 9.78 Å². The number of benzene rings is 1. The molecule has 1 aromatic heterocycles. The Labute approximate surface area is 115 Å². The lowest BCUT2D eigenvalue weighted by molar-refractivity contribution is 0.611. The molecule has 98 valence electrons. The van der Waals surface area contributed by atoms with Crippen molar-refractivity contribution in [2.75, 3.05) is 5.32 Å². The molecule has 1 heterocycles. The van der Waals surface area contributed by atoms with E-state index in [0.717, 1.165) is 5.56 Å². The first-order valence-corrected chi connectivity index (χ1v) is 5.72. The molecule has 0 aliphatic rings. The van der Waals surface area contributed by atoms with Crippen molar-refractivity contribution in [1.29, 1.82) is 10.5 Å². The van der Waals surface area contributed by atoms with Gasteiger partial charge in [-0.2, -0.15) is 15.6 Å². The number of hydrogen-bond acceptors (Lipinski definition) is 4. The van der Waals surface area contributed by atoms with Crippen molar-refractivity contribution >= 4 is 5.69 Å². The van der Waals surface area contributed by atoms with E-state index in [-0.39, 0.29) is 5.57 Å². The van der Waals surface area contributed by atoms with Crippen LogP contribution in [-0.2, 0) is 0 Å². The van der Waals surface area contributed by atoms with Crippen LogP contribution in [0.25, 0.3) is 5.69 Å². The fraction of sp³-hybridized carbons (Fsp3) is 0.0714. The fourth-order valence-corrected chi connectivity index (χ4v) is 1.57. The number of hydrogen-bond donors (Lipinski definition) is 1. The predicted molar refractivity (Wildman–Crippen MR) is 71.2 cm³/mol. The van der Waals surface area contributed by atoms with E-state index < -0.39 is 5.82 Å². The maximum Gasteiger partial charge on any atom is 0.150 e. The summed E-state index contributed by atoms with van der Waals surface area (Å²) in [4.78, 5) is 0. The Bertz CT molecular complexity index is 730. The number of allylic oxidation sites excluding steroid dienone is 1.